The summed E-state index contributed by atoms with van der Waals surface area (Å²) in [5.41, 5.74) is 1.41. The third-order valence-corrected chi connectivity index (χ3v) is 2.25. The maximum absolute atomic E-state index is 9.27. The molecule has 2 unspecified atom stereocenters. The quantitative estimate of drug-likeness (QED) is 0.628. The highest BCUT2D eigenvalue weighted by Crippen LogP contribution is 2.15. The zero-order valence-electron chi connectivity index (χ0n) is 8.80. The molecule has 1 nitrogen and oxygen atoms in total. The Bertz CT molecular complexity index is 136. The highest BCUT2D eigenvalue weighted by molar-refractivity contribution is 4.99. The second kappa shape index (κ2) is 6.24. The van der Waals surface area contributed by atoms with Gasteiger partial charge in [-0.15, -0.1) is 0 Å². The molecular formula is C11H22O. The third-order valence-electron chi connectivity index (χ3n) is 2.25. The summed E-state index contributed by atoms with van der Waals surface area (Å²) in [6.45, 7) is 8.28. The summed E-state index contributed by atoms with van der Waals surface area (Å²) >= 11 is 0. The molecule has 0 aromatic rings. The molecule has 0 bridgehead atoms. The van der Waals surface area contributed by atoms with Crippen molar-refractivity contribution in [1.29, 1.82) is 0 Å². The molecule has 0 heterocycles. The Labute approximate surface area is 76.5 Å². The predicted octanol–water partition coefficient (Wildman–Crippen LogP) is 3.14. The number of allylic oxidation sites excluding steroid dienone is 2. The van der Waals surface area contributed by atoms with Crippen LogP contribution >= 0.6 is 0 Å². The van der Waals surface area contributed by atoms with Crippen molar-refractivity contribution < 1.29 is 5.11 Å². The van der Waals surface area contributed by atoms with Gasteiger partial charge in [-0.25, -0.2) is 0 Å². The Morgan fingerprint density at radius 3 is 2.42 bits per heavy atom. The van der Waals surface area contributed by atoms with Gasteiger partial charge in [-0.2, -0.15) is 0 Å². The van der Waals surface area contributed by atoms with E-state index in [0.717, 1.165) is 6.42 Å². The van der Waals surface area contributed by atoms with Gasteiger partial charge in [-0.3, -0.25) is 0 Å². The predicted molar refractivity (Wildman–Crippen MR) is 54.1 cm³/mol. The van der Waals surface area contributed by atoms with Gasteiger partial charge in [0.05, 0.1) is 6.10 Å². The first kappa shape index (κ1) is 11.7. The number of unbranched alkanes of at least 4 members (excludes halogenated alkanes) is 1. The summed E-state index contributed by atoms with van der Waals surface area (Å²) < 4.78 is 0. The Balaban J connectivity index is 3.74. The van der Waals surface area contributed by atoms with Crippen LogP contribution in [0.3, 0.4) is 0 Å². The lowest BCUT2D eigenvalue weighted by Crippen LogP contribution is -2.12. The first-order valence-electron chi connectivity index (χ1n) is 4.91. The van der Waals surface area contributed by atoms with Crippen LogP contribution in [0.2, 0.25) is 0 Å². The van der Waals surface area contributed by atoms with Crippen molar-refractivity contribution in [2.45, 2.75) is 53.1 Å². The number of hydrogen-bond acceptors (Lipinski definition) is 1. The highest BCUT2D eigenvalue weighted by atomic mass is 16.3. The lowest BCUT2D eigenvalue weighted by Gasteiger charge is -2.14. The van der Waals surface area contributed by atoms with E-state index in [1.807, 2.05) is 6.92 Å². The summed E-state index contributed by atoms with van der Waals surface area (Å²) in [5.74, 6) is 0.387. The van der Waals surface area contributed by atoms with Gasteiger partial charge in [0.15, 0.2) is 0 Å². The smallest absolute Gasteiger partial charge is 0.0540 e. The van der Waals surface area contributed by atoms with Gasteiger partial charge in [0.25, 0.3) is 0 Å². The Kier molecular flexibility index (Phi) is 6.09. The van der Waals surface area contributed by atoms with Crippen LogP contribution < -0.4 is 0 Å². The maximum Gasteiger partial charge on any atom is 0.0540 e. The standard InChI is InChI=1S/C11H22O/c1-5-6-7-9(2)8-10(3)11(4)12/h7,10-12H,5-6,8H2,1-4H3/b9-7+. The van der Waals surface area contributed by atoms with Gasteiger partial charge in [-0.05, 0) is 32.6 Å². The number of hydrogen-bond donors (Lipinski definition) is 1. The molecule has 0 aromatic heterocycles. The summed E-state index contributed by atoms with van der Waals surface area (Å²) in [5, 5.41) is 9.27. The summed E-state index contributed by atoms with van der Waals surface area (Å²) in [7, 11) is 0. The second-order valence-electron chi connectivity index (χ2n) is 3.76. The minimum absolute atomic E-state index is 0.185. The van der Waals surface area contributed by atoms with E-state index >= 15 is 0 Å². The monoisotopic (exact) mass is 170 g/mol. The largest absolute Gasteiger partial charge is 0.393 e. The minimum atomic E-state index is -0.185. The van der Waals surface area contributed by atoms with Crippen molar-refractivity contribution in [2.75, 3.05) is 0 Å². The average molecular weight is 170 g/mol. The highest BCUT2D eigenvalue weighted by Gasteiger charge is 2.08. The molecule has 2 atom stereocenters. The molecule has 0 aliphatic rings. The van der Waals surface area contributed by atoms with Gasteiger partial charge in [0, 0.05) is 0 Å². The van der Waals surface area contributed by atoms with E-state index in [-0.39, 0.29) is 6.10 Å². The Morgan fingerprint density at radius 2 is 2.00 bits per heavy atom. The molecule has 0 aliphatic carbocycles. The van der Waals surface area contributed by atoms with Crippen LogP contribution in [0.5, 0.6) is 0 Å². The fourth-order valence-electron chi connectivity index (χ4n) is 1.15. The molecule has 1 heteroatoms. The van der Waals surface area contributed by atoms with Crippen LogP contribution in [0, 0.1) is 5.92 Å². The molecule has 0 fully saturated rings. The molecule has 0 spiro atoms. The molecule has 12 heavy (non-hydrogen) atoms. The van der Waals surface area contributed by atoms with Crippen LogP contribution in [-0.4, -0.2) is 11.2 Å². The van der Waals surface area contributed by atoms with E-state index in [1.54, 1.807) is 0 Å². The van der Waals surface area contributed by atoms with Crippen molar-refractivity contribution in [3.63, 3.8) is 0 Å². The van der Waals surface area contributed by atoms with Crippen LogP contribution in [0.25, 0.3) is 0 Å². The minimum Gasteiger partial charge on any atom is -0.393 e. The molecule has 1 N–H and O–H groups in total. The lowest BCUT2D eigenvalue weighted by atomic mass is 9.97. The van der Waals surface area contributed by atoms with Crippen molar-refractivity contribution >= 4 is 0 Å². The average Bonchev–Trinajstić information content (AvgIpc) is 2.00. The normalized spacial score (nSPS) is 17.6. The molecule has 0 aromatic carbocycles. The first-order valence-corrected chi connectivity index (χ1v) is 4.91. The molecule has 0 amide bonds. The van der Waals surface area contributed by atoms with Gasteiger partial charge in [0.2, 0.25) is 0 Å². The first-order chi connectivity index (χ1) is 5.57. The van der Waals surface area contributed by atoms with Gasteiger partial charge >= 0.3 is 0 Å². The maximum atomic E-state index is 9.27. The van der Waals surface area contributed by atoms with Gasteiger partial charge in [0.1, 0.15) is 0 Å². The van der Waals surface area contributed by atoms with E-state index in [4.69, 9.17) is 0 Å². The zero-order valence-corrected chi connectivity index (χ0v) is 8.80. The SMILES string of the molecule is CCC/C=C(\C)CC(C)C(C)O. The van der Waals surface area contributed by atoms with Crippen LogP contribution in [-0.2, 0) is 0 Å². The molecule has 72 valence electrons. The Hall–Kier alpha value is -0.300. The molecule has 0 aliphatic heterocycles. The van der Waals surface area contributed by atoms with Crippen LogP contribution in [0.4, 0.5) is 0 Å². The molecule has 0 saturated heterocycles. The molecule has 0 rings (SSSR count). The van der Waals surface area contributed by atoms with Gasteiger partial charge < -0.3 is 5.11 Å². The van der Waals surface area contributed by atoms with Crippen molar-refractivity contribution in [3.05, 3.63) is 11.6 Å². The second-order valence-corrected chi connectivity index (χ2v) is 3.76. The van der Waals surface area contributed by atoms with Crippen molar-refractivity contribution in [1.82, 2.24) is 0 Å². The van der Waals surface area contributed by atoms with Crippen molar-refractivity contribution in [2.24, 2.45) is 5.92 Å². The fraction of sp³-hybridized carbons (Fsp3) is 0.818. The number of aliphatic hydroxyl groups is 1. The number of aliphatic hydroxyl groups excluding tert-OH is 1. The zero-order chi connectivity index (χ0) is 9.56. The van der Waals surface area contributed by atoms with Crippen molar-refractivity contribution in [3.8, 4) is 0 Å². The molecular weight excluding hydrogens is 148 g/mol. The van der Waals surface area contributed by atoms with E-state index in [2.05, 4.69) is 26.8 Å². The Morgan fingerprint density at radius 1 is 1.42 bits per heavy atom. The van der Waals surface area contributed by atoms with Crippen LogP contribution in [0.15, 0.2) is 11.6 Å². The lowest BCUT2D eigenvalue weighted by molar-refractivity contribution is 0.135. The third kappa shape index (κ3) is 5.36. The fourth-order valence-corrected chi connectivity index (χ4v) is 1.15. The van der Waals surface area contributed by atoms with Crippen LogP contribution in [0.1, 0.15) is 47.0 Å². The van der Waals surface area contributed by atoms with E-state index < -0.39 is 0 Å². The topological polar surface area (TPSA) is 20.2 Å². The molecule has 0 saturated carbocycles. The summed E-state index contributed by atoms with van der Waals surface area (Å²) in [6, 6.07) is 0. The van der Waals surface area contributed by atoms with E-state index in [0.29, 0.717) is 5.92 Å². The van der Waals surface area contributed by atoms with E-state index in [9.17, 15) is 5.11 Å². The number of rotatable bonds is 5. The summed E-state index contributed by atoms with van der Waals surface area (Å²) in [4.78, 5) is 0. The van der Waals surface area contributed by atoms with E-state index in [1.165, 1.54) is 18.4 Å². The molecule has 0 radical (unpaired) electrons. The summed E-state index contributed by atoms with van der Waals surface area (Å²) in [6.07, 6.45) is 5.49. The van der Waals surface area contributed by atoms with Gasteiger partial charge in [-0.1, -0.05) is 31.9 Å².